The van der Waals surface area contributed by atoms with Gasteiger partial charge in [0.15, 0.2) is 0 Å². The van der Waals surface area contributed by atoms with Gasteiger partial charge in [0.1, 0.15) is 35.5 Å². The molecule has 12 heteroatoms. The Morgan fingerprint density at radius 1 is 0.845 bits per heavy atom. The van der Waals surface area contributed by atoms with Crippen LogP contribution < -0.4 is 10.6 Å². The molecule has 0 bridgehead atoms. The summed E-state index contributed by atoms with van der Waals surface area (Å²) in [6.07, 6.45) is 2.81. The molecule has 6 unspecified atom stereocenters. The molecule has 4 N–H and O–H groups in total. The third kappa shape index (κ3) is 6.59. The second kappa shape index (κ2) is 15.7. The molecule has 1 saturated carbocycles. The van der Waals surface area contributed by atoms with E-state index < -0.39 is 65.0 Å². The lowest BCUT2D eigenvalue weighted by molar-refractivity contribution is -0.178. The first-order valence-corrected chi connectivity index (χ1v) is 19.7. The number of morpholine rings is 1. The van der Waals surface area contributed by atoms with E-state index in [4.69, 9.17) is 19.9 Å². The molecular weight excluding hydrogens is 739 g/mol. The van der Waals surface area contributed by atoms with Crippen LogP contribution in [0.5, 0.6) is 5.75 Å². The molecule has 4 aliphatic rings. The second-order valence-corrected chi connectivity index (χ2v) is 15.4. The van der Waals surface area contributed by atoms with Crippen LogP contribution in [-0.2, 0) is 34.0 Å². The third-order valence-electron chi connectivity index (χ3n) is 12.0. The highest BCUT2D eigenvalue weighted by Crippen LogP contribution is 2.65. The lowest BCUT2D eigenvalue weighted by atomic mass is 9.65. The molecule has 8 rings (SSSR count). The first-order chi connectivity index (χ1) is 28.1. The minimum Gasteiger partial charge on any atom is -0.508 e. The maximum Gasteiger partial charge on any atom is 0.421 e. The Kier molecular flexibility index (Phi) is 10.5. The number of methoxy groups -OCH3 is 1. The summed E-state index contributed by atoms with van der Waals surface area (Å²) in [6, 6.07) is 26.3. The number of hydrogen-bond donors (Lipinski definition) is 3. The van der Waals surface area contributed by atoms with Crippen molar-refractivity contribution in [3.8, 4) is 17.6 Å². The van der Waals surface area contributed by atoms with Crippen molar-refractivity contribution in [2.75, 3.05) is 25.2 Å². The fraction of sp³-hybridized carbons (Fsp3) is 0.348. The first kappa shape index (κ1) is 38.9. The number of nitrogens with two attached hydrogens (primary N) is 1. The van der Waals surface area contributed by atoms with Gasteiger partial charge in [-0.05, 0) is 78.3 Å². The van der Waals surface area contributed by atoms with Gasteiger partial charge in [0.05, 0.1) is 30.3 Å². The van der Waals surface area contributed by atoms with Gasteiger partial charge in [-0.3, -0.25) is 19.3 Å². The number of carbonyl (C=O) groups is 4. The first-order valence-electron chi connectivity index (χ1n) is 19.7. The van der Waals surface area contributed by atoms with Crippen molar-refractivity contribution in [1.82, 2.24) is 4.90 Å². The summed E-state index contributed by atoms with van der Waals surface area (Å²) in [5.74, 6) is 2.04. The van der Waals surface area contributed by atoms with Crippen LogP contribution in [0.1, 0.15) is 84.5 Å². The number of aliphatic hydroxyl groups is 1. The van der Waals surface area contributed by atoms with Gasteiger partial charge in [0.2, 0.25) is 11.8 Å². The largest absolute Gasteiger partial charge is 0.508 e. The molecule has 2 saturated heterocycles. The number of phenols is 1. The predicted octanol–water partition coefficient (Wildman–Crippen LogP) is 5.76. The molecule has 3 amide bonds. The minimum atomic E-state index is -2.04. The number of anilines is 1. The number of fused-ring (bicyclic) bond motifs is 3. The van der Waals surface area contributed by atoms with Crippen molar-refractivity contribution < 1.29 is 43.6 Å². The summed E-state index contributed by atoms with van der Waals surface area (Å²) in [5, 5.41) is 22.0. The Morgan fingerprint density at radius 2 is 1.50 bits per heavy atom. The highest BCUT2D eigenvalue weighted by Gasteiger charge is 2.75. The quantitative estimate of drug-likeness (QED) is 0.0907. The van der Waals surface area contributed by atoms with Crippen LogP contribution in [0.15, 0.2) is 103 Å². The lowest BCUT2D eigenvalue weighted by Gasteiger charge is -2.46. The monoisotopic (exact) mass is 783 g/mol. The van der Waals surface area contributed by atoms with Crippen LogP contribution >= 0.6 is 0 Å². The molecule has 4 aromatic carbocycles. The smallest absolute Gasteiger partial charge is 0.421 e. The fourth-order valence-corrected chi connectivity index (χ4v) is 9.56. The zero-order valence-electron chi connectivity index (χ0n) is 32.1. The van der Waals surface area contributed by atoms with E-state index in [1.165, 1.54) is 19.2 Å². The summed E-state index contributed by atoms with van der Waals surface area (Å²) >= 11 is 0. The molecule has 1 aliphatic carbocycles. The molecule has 3 heterocycles. The van der Waals surface area contributed by atoms with E-state index in [2.05, 4.69) is 11.8 Å². The maximum atomic E-state index is 15.8. The summed E-state index contributed by atoms with van der Waals surface area (Å²) in [5.41, 5.74) is 5.80. The average Bonchev–Trinajstić information content (AvgIpc) is 3.57. The number of rotatable bonds is 7. The summed E-state index contributed by atoms with van der Waals surface area (Å²) in [7, 11) is 1.45. The van der Waals surface area contributed by atoms with Gasteiger partial charge < -0.3 is 30.2 Å². The number of amides is 3. The summed E-state index contributed by atoms with van der Waals surface area (Å²) < 4.78 is 17.0. The molecule has 3 fully saturated rings. The van der Waals surface area contributed by atoms with Crippen molar-refractivity contribution in [1.29, 1.82) is 0 Å². The number of imide groups is 1. The molecular formula is C46H45N3O9. The Hall–Kier alpha value is -6.00. The van der Waals surface area contributed by atoms with Crippen molar-refractivity contribution in [3.63, 3.8) is 0 Å². The number of benzene rings is 4. The number of primary amides is 1. The van der Waals surface area contributed by atoms with Gasteiger partial charge in [0.25, 0.3) is 0 Å². The number of hydrogen-bond acceptors (Lipinski definition) is 10. The summed E-state index contributed by atoms with van der Waals surface area (Å²) in [6.45, 7) is -0.106. The number of carbonyl (C=O) groups excluding carboxylic acids is 4. The van der Waals surface area contributed by atoms with E-state index in [1.807, 2.05) is 65.6 Å². The molecule has 58 heavy (non-hydrogen) atoms. The van der Waals surface area contributed by atoms with E-state index >= 15 is 4.79 Å². The molecule has 298 valence electrons. The highest BCUT2D eigenvalue weighted by molar-refractivity contribution is 6.23. The number of ether oxygens (including phenoxy) is 3. The molecule has 1 spiro atoms. The van der Waals surface area contributed by atoms with Crippen LogP contribution in [-0.4, -0.2) is 71.0 Å². The average molecular weight is 784 g/mol. The molecule has 4 aromatic rings. The fourth-order valence-electron chi connectivity index (χ4n) is 9.56. The Balaban J connectivity index is 1.41. The minimum absolute atomic E-state index is 0.0471. The van der Waals surface area contributed by atoms with Crippen molar-refractivity contribution >= 4 is 29.6 Å². The van der Waals surface area contributed by atoms with Gasteiger partial charge in [-0.25, -0.2) is 9.69 Å². The maximum absolute atomic E-state index is 15.8. The van der Waals surface area contributed by atoms with E-state index in [1.54, 1.807) is 30.3 Å². The Labute approximate surface area is 336 Å². The van der Waals surface area contributed by atoms with Crippen LogP contribution in [0.25, 0.3) is 0 Å². The van der Waals surface area contributed by atoms with Gasteiger partial charge in [-0.15, -0.1) is 0 Å². The Morgan fingerprint density at radius 3 is 2.14 bits per heavy atom. The van der Waals surface area contributed by atoms with Gasteiger partial charge in [0, 0.05) is 12.7 Å². The third-order valence-corrected chi connectivity index (χ3v) is 12.0. The van der Waals surface area contributed by atoms with Crippen molar-refractivity contribution in [2.24, 2.45) is 11.7 Å². The van der Waals surface area contributed by atoms with Gasteiger partial charge in [-0.2, -0.15) is 0 Å². The Bertz CT molecular complexity index is 2260. The topological polar surface area (TPSA) is 169 Å². The number of cyclic esters (lactones) is 1. The van der Waals surface area contributed by atoms with E-state index in [9.17, 15) is 24.6 Å². The second-order valence-electron chi connectivity index (χ2n) is 15.4. The number of esters is 1. The number of nitrogens with zero attached hydrogens (tertiary/aromatic N) is 2. The van der Waals surface area contributed by atoms with Crippen molar-refractivity contribution in [3.05, 3.63) is 131 Å². The zero-order valence-corrected chi connectivity index (χ0v) is 32.1. The van der Waals surface area contributed by atoms with Crippen LogP contribution in [0.2, 0.25) is 0 Å². The summed E-state index contributed by atoms with van der Waals surface area (Å²) in [4.78, 5) is 61.7. The number of phenolic OH excluding ortho intramolecular Hbond substituents is 1. The van der Waals surface area contributed by atoms with Crippen LogP contribution in [0.4, 0.5) is 10.5 Å². The zero-order chi connectivity index (χ0) is 40.6. The normalized spacial score (nSPS) is 26.2. The number of aromatic hydroxyl groups is 1. The van der Waals surface area contributed by atoms with Crippen LogP contribution in [0, 0.1) is 17.8 Å². The van der Waals surface area contributed by atoms with Crippen molar-refractivity contribution in [2.45, 2.75) is 73.8 Å². The lowest BCUT2D eigenvalue weighted by Crippen LogP contribution is -2.55. The van der Waals surface area contributed by atoms with E-state index in [0.29, 0.717) is 29.5 Å². The molecule has 0 aromatic heterocycles. The predicted molar refractivity (Wildman–Crippen MR) is 212 cm³/mol. The highest BCUT2D eigenvalue weighted by atomic mass is 16.6. The van der Waals surface area contributed by atoms with Crippen LogP contribution in [0.3, 0.4) is 0 Å². The molecule has 0 radical (unpaired) electrons. The SMILES string of the molecule is COCCOC(=O)N1C(=O)C2(c3cc(C#CC4(O)CCCCCC4)ccc31)C(C(N)=O)C1C(=O)OC(c3ccccc3)C(c3ccccc3)N1C2c1ccc(O)cc1. The van der Waals surface area contributed by atoms with Gasteiger partial charge >= 0.3 is 12.1 Å². The van der Waals surface area contributed by atoms with E-state index in [-0.39, 0.29) is 30.2 Å². The van der Waals surface area contributed by atoms with Gasteiger partial charge in [-0.1, -0.05) is 97.5 Å². The van der Waals surface area contributed by atoms with E-state index in [0.717, 1.165) is 36.1 Å². The molecule has 12 nitrogen and oxygen atoms in total. The molecule has 3 aliphatic heterocycles. The standard InChI is InChI=1S/C46H45N3O9/c1-56-26-27-57-44(54)48-35-21-16-29(22-25-45(55)23-10-2-3-11-24-45)28-34(35)46(43(48)53)36(41(47)51)38-42(52)58-39(31-14-8-5-9-15-31)37(30-12-6-4-7-13-30)49(38)40(46)32-17-19-33(50)20-18-32/h4-9,12-21,28,36-40,50,55H,2-3,10-11,23-24,26-27H2,1H3,(H2,47,51). The molecule has 6 atom stereocenters.